The number of carbonyl (C=O) groups excluding carboxylic acids is 1. The number of nitrogens with two attached hydrogens (primary N) is 1. The van der Waals surface area contributed by atoms with Gasteiger partial charge < -0.3 is 15.8 Å². The van der Waals surface area contributed by atoms with Gasteiger partial charge in [-0.15, -0.1) is 0 Å². The third kappa shape index (κ3) is 3.81. The maximum absolute atomic E-state index is 11.2. The average molecular weight is 309 g/mol. The Labute approximate surface area is 127 Å². The summed E-state index contributed by atoms with van der Waals surface area (Å²) in [7, 11) is 1.65. The fourth-order valence-electron chi connectivity index (χ4n) is 1.91. The number of amides is 1. The average Bonchev–Trinajstić information content (AvgIpc) is 2.94. The summed E-state index contributed by atoms with van der Waals surface area (Å²) in [6, 6.07) is 5.54. The Hall–Kier alpha value is -1.89. The molecule has 0 spiro atoms. The van der Waals surface area contributed by atoms with Crippen LogP contribution in [0.15, 0.2) is 30.6 Å². The zero-order chi connectivity index (χ0) is 15.2. The van der Waals surface area contributed by atoms with Crippen molar-refractivity contribution >= 4 is 17.5 Å². The topological polar surface area (TPSA) is 82.2 Å². The van der Waals surface area contributed by atoms with Crippen molar-refractivity contribution in [3.8, 4) is 5.69 Å². The SMILES string of the molecule is COCCNCc1c(Cl)cccc1-n1cc(C(N)=O)cn1. The van der Waals surface area contributed by atoms with Gasteiger partial charge in [0.2, 0.25) is 0 Å². The molecule has 1 aromatic heterocycles. The van der Waals surface area contributed by atoms with Crippen LogP contribution in [0.1, 0.15) is 15.9 Å². The fourth-order valence-corrected chi connectivity index (χ4v) is 2.14. The van der Waals surface area contributed by atoms with E-state index in [9.17, 15) is 4.79 Å². The minimum absolute atomic E-state index is 0.355. The number of halogens is 1. The Balaban J connectivity index is 2.25. The summed E-state index contributed by atoms with van der Waals surface area (Å²) in [6.45, 7) is 1.91. The van der Waals surface area contributed by atoms with Crippen molar-refractivity contribution in [2.75, 3.05) is 20.3 Å². The Morgan fingerprint density at radius 2 is 2.33 bits per heavy atom. The van der Waals surface area contributed by atoms with Gasteiger partial charge in [0, 0.05) is 37.0 Å². The van der Waals surface area contributed by atoms with E-state index in [1.165, 1.54) is 6.20 Å². The number of benzene rings is 1. The molecule has 0 saturated carbocycles. The molecule has 112 valence electrons. The molecule has 6 nitrogen and oxygen atoms in total. The molecule has 0 atom stereocenters. The molecule has 0 aliphatic carbocycles. The van der Waals surface area contributed by atoms with Gasteiger partial charge in [-0.1, -0.05) is 17.7 Å². The van der Waals surface area contributed by atoms with Crippen molar-refractivity contribution in [3.63, 3.8) is 0 Å². The quantitative estimate of drug-likeness (QED) is 0.757. The second kappa shape index (κ2) is 7.21. The molecule has 0 aliphatic rings. The third-order valence-corrected chi connectivity index (χ3v) is 3.35. The van der Waals surface area contributed by atoms with Crippen LogP contribution in [0.2, 0.25) is 5.02 Å². The lowest BCUT2D eigenvalue weighted by Gasteiger charge is -2.12. The van der Waals surface area contributed by atoms with Gasteiger partial charge >= 0.3 is 0 Å². The van der Waals surface area contributed by atoms with Crippen LogP contribution in [0.3, 0.4) is 0 Å². The number of rotatable bonds is 7. The molecule has 2 rings (SSSR count). The van der Waals surface area contributed by atoms with Crippen LogP contribution in [-0.2, 0) is 11.3 Å². The molecule has 1 heterocycles. The maximum atomic E-state index is 11.2. The summed E-state index contributed by atoms with van der Waals surface area (Å²) < 4.78 is 6.59. The fraction of sp³-hybridized carbons (Fsp3) is 0.286. The maximum Gasteiger partial charge on any atom is 0.251 e. The predicted molar refractivity (Wildman–Crippen MR) is 80.7 cm³/mol. The summed E-state index contributed by atoms with van der Waals surface area (Å²) >= 11 is 6.26. The monoisotopic (exact) mass is 308 g/mol. The van der Waals surface area contributed by atoms with E-state index < -0.39 is 5.91 Å². The highest BCUT2D eigenvalue weighted by Gasteiger charge is 2.11. The Bertz CT molecular complexity index is 627. The summed E-state index contributed by atoms with van der Waals surface area (Å²) in [5.41, 5.74) is 7.30. The van der Waals surface area contributed by atoms with E-state index in [2.05, 4.69) is 10.4 Å². The molecule has 2 aromatic rings. The second-order valence-corrected chi connectivity index (χ2v) is 4.85. The van der Waals surface area contributed by atoms with E-state index in [-0.39, 0.29) is 0 Å². The first-order valence-electron chi connectivity index (χ1n) is 6.45. The number of primary amides is 1. The lowest BCUT2D eigenvalue weighted by molar-refractivity contribution is 0.100. The Morgan fingerprint density at radius 1 is 1.52 bits per heavy atom. The van der Waals surface area contributed by atoms with Crippen molar-refractivity contribution in [2.24, 2.45) is 5.73 Å². The molecule has 1 amide bonds. The van der Waals surface area contributed by atoms with Gasteiger partial charge in [0.25, 0.3) is 5.91 Å². The van der Waals surface area contributed by atoms with E-state index in [0.29, 0.717) is 30.3 Å². The lowest BCUT2D eigenvalue weighted by atomic mass is 10.1. The van der Waals surface area contributed by atoms with Gasteiger partial charge in [0.15, 0.2) is 0 Å². The normalized spacial score (nSPS) is 10.8. The molecule has 1 aromatic carbocycles. The van der Waals surface area contributed by atoms with Gasteiger partial charge in [0.05, 0.1) is 24.1 Å². The number of ether oxygens (including phenoxy) is 1. The zero-order valence-electron chi connectivity index (χ0n) is 11.7. The first kappa shape index (κ1) is 15.5. The van der Waals surface area contributed by atoms with Gasteiger partial charge in [0.1, 0.15) is 0 Å². The van der Waals surface area contributed by atoms with Gasteiger partial charge in [-0.25, -0.2) is 4.68 Å². The van der Waals surface area contributed by atoms with Crippen LogP contribution in [0.4, 0.5) is 0 Å². The predicted octanol–water partition coefficient (Wildman–Crippen LogP) is 1.36. The van der Waals surface area contributed by atoms with Crippen molar-refractivity contribution < 1.29 is 9.53 Å². The summed E-state index contributed by atoms with van der Waals surface area (Å²) in [5.74, 6) is -0.511. The van der Waals surface area contributed by atoms with E-state index in [1.807, 2.05) is 18.2 Å². The smallest absolute Gasteiger partial charge is 0.251 e. The molecule has 0 radical (unpaired) electrons. The molecule has 7 heteroatoms. The number of aromatic nitrogens is 2. The lowest BCUT2D eigenvalue weighted by Crippen LogP contribution is -2.20. The highest BCUT2D eigenvalue weighted by Crippen LogP contribution is 2.23. The minimum atomic E-state index is -0.511. The van der Waals surface area contributed by atoms with Gasteiger partial charge in [-0.05, 0) is 12.1 Å². The van der Waals surface area contributed by atoms with Crippen LogP contribution in [-0.4, -0.2) is 35.9 Å². The first-order chi connectivity index (χ1) is 10.1. The largest absolute Gasteiger partial charge is 0.383 e. The van der Waals surface area contributed by atoms with Crippen LogP contribution >= 0.6 is 11.6 Å². The Kier molecular flexibility index (Phi) is 5.32. The van der Waals surface area contributed by atoms with Crippen molar-refractivity contribution in [1.82, 2.24) is 15.1 Å². The van der Waals surface area contributed by atoms with Crippen LogP contribution in [0.5, 0.6) is 0 Å². The summed E-state index contributed by atoms with van der Waals surface area (Å²) in [6.07, 6.45) is 3.03. The van der Waals surface area contributed by atoms with E-state index >= 15 is 0 Å². The zero-order valence-corrected chi connectivity index (χ0v) is 12.4. The molecule has 3 N–H and O–H groups in total. The number of methoxy groups -OCH3 is 1. The van der Waals surface area contributed by atoms with Crippen molar-refractivity contribution in [2.45, 2.75) is 6.54 Å². The third-order valence-electron chi connectivity index (χ3n) is 2.99. The standard InChI is InChI=1S/C14H17ClN4O2/c1-21-6-5-17-8-11-12(15)3-2-4-13(11)19-9-10(7-18-19)14(16)20/h2-4,7,9,17H,5-6,8H2,1H3,(H2,16,20). The van der Waals surface area contributed by atoms with Gasteiger partial charge in [-0.3, -0.25) is 4.79 Å². The molecule has 0 bridgehead atoms. The van der Waals surface area contributed by atoms with E-state index in [1.54, 1.807) is 18.0 Å². The number of carbonyl (C=O) groups is 1. The van der Waals surface area contributed by atoms with Crippen LogP contribution < -0.4 is 11.1 Å². The number of hydrogen-bond donors (Lipinski definition) is 2. The molecule has 0 aliphatic heterocycles. The molecule has 0 unspecified atom stereocenters. The molecular formula is C14H17ClN4O2. The highest BCUT2D eigenvalue weighted by molar-refractivity contribution is 6.31. The van der Waals surface area contributed by atoms with E-state index in [0.717, 1.165) is 11.3 Å². The number of nitrogens with zero attached hydrogens (tertiary/aromatic N) is 2. The minimum Gasteiger partial charge on any atom is -0.383 e. The number of hydrogen-bond acceptors (Lipinski definition) is 4. The Morgan fingerprint density at radius 3 is 3.00 bits per heavy atom. The van der Waals surface area contributed by atoms with E-state index in [4.69, 9.17) is 22.1 Å². The van der Waals surface area contributed by atoms with Crippen LogP contribution in [0, 0.1) is 0 Å². The summed E-state index contributed by atoms with van der Waals surface area (Å²) in [5, 5.41) is 8.03. The molecule has 0 fully saturated rings. The highest BCUT2D eigenvalue weighted by atomic mass is 35.5. The van der Waals surface area contributed by atoms with Crippen molar-refractivity contribution in [3.05, 3.63) is 46.7 Å². The van der Waals surface area contributed by atoms with Gasteiger partial charge in [-0.2, -0.15) is 5.10 Å². The summed E-state index contributed by atoms with van der Waals surface area (Å²) in [4.78, 5) is 11.2. The van der Waals surface area contributed by atoms with Crippen LogP contribution in [0.25, 0.3) is 5.69 Å². The first-order valence-corrected chi connectivity index (χ1v) is 6.83. The second-order valence-electron chi connectivity index (χ2n) is 4.44. The van der Waals surface area contributed by atoms with Crippen molar-refractivity contribution in [1.29, 1.82) is 0 Å². The number of nitrogens with one attached hydrogen (secondary N) is 1. The molecule has 21 heavy (non-hydrogen) atoms. The molecule has 0 saturated heterocycles. The molecular weight excluding hydrogens is 292 g/mol.